The molecule has 7 heteroatoms. The van der Waals surface area contributed by atoms with Crippen molar-refractivity contribution in [1.29, 1.82) is 0 Å². The van der Waals surface area contributed by atoms with Gasteiger partial charge in [0.15, 0.2) is 5.75 Å². The maximum atomic E-state index is 12.0. The highest BCUT2D eigenvalue weighted by atomic mass is 19.3. The molecule has 0 amide bonds. The maximum Gasteiger partial charge on any atom is 0.387 e. The number of anilines is 1. The molecule has 0 aromatic carbocycles. The number of rotatable bonds is 3. The molecule has 1 aliphatic rings. The molecule has 1 aromatic rings. The third-order valence-electron chi connectivity index (χ3n) is 2.71. The van der Waals surface area contributed by atoms with E-state index in [1.807, 2.05) is 11.8 Å². The Hall–Kier alpha value is -1.94. The molecule has 2 atom stereocenters. The Morgan fingerprint density at radius 1 is 1.47 bits per heavy atom. The van der Waals surface area contributed by atoms with Crippen LogP contribution in [0.15, 0.2) is 12.4 Å². The minimum atomic E-state index is -2.88. The Labute approximate surface area is 110 Å². The van der Waals surface area contributed by atoms with Crippen molar-refractivity contribution in [2.24, 2.45) is 0 Å². The molecule has 2 rings (SSSR count). The van der Waals surface area contributed by atoms with E-state index in [1.165, 1.54) is 12.4 Å². The minimum Gasteiger partial charge on any atom is -0.432 e. The van der Waals surface area contributed by atoms with E-state index < -0.39 is 6.61 Å². The number of halogens is 2. The van der Waals surface area contributed by atoms with Crippen LogP contribution in [-0.4, -0.2) is 41.8 Å². The van der Waals surface area contributed by atoms with Gasteiger partial charge >= 0.3 is 6.61 Å². The largest absolute Gasteiger partial charge is 0.432 e. The second kappa shape index (κ2) is 5.80. The summed E-state index contributed by atoms with van der Waals surface area (Å²) in [5, 5.41) is 3.25. The number of hydrogen-bond acceptors (Lipinski definition) is 5. The molecule has 1 aliphatic heterocycles. The van der Waals surface area contributed by atoms with Crippen LogP contribution in [0.25, 0.3) is 0 Å². The molecule has 1 aromatic heterocycles. The SMILES string of the molecule is C#C[C@@H]1CN(c2ncc(OC(F)F)cn2)C[C@@H](C)N1. The lowest BCUT2D eigenvalue weighted by Gasteiger charge is -2.35. The summed E-state index contributed by atoms with van der Waals surface area (Å²) < 4.78 is 28.2. The first-order valence-electron chi connectivity index (χ1n) is 5.82. The maximum absolute atomic E-state index is 12.0. The topological polar surface area (TPSA) is 50.3 Å². The Kier molecular flexibility index (Phi) is 4.12. The average Bonchev–Trinajstić information content (AvgIpc) is 2.38. The first kappa shape index (κ1) is 13.5. The van der Waals surface area contributed by atoms with Gasteiger partial charge in [0.1, 0.15) is 0 Å². The molecule has 1 N–H and O–H groups in total. The molecule has 0 saturated carbocycles. The lowest BCUT2D eigenvalue weighted by atomic mass is 10.1. The fourth-order valence-corrected chi connectivity index (χ4v) is 1.97. The molecule has 0 radical (unpaired) electrons. The molecule has 19 heavy (non-hydrogen) atoms. The first-order chi connectivity index (χ1) is 9.08. The summed E-state index contributed by atoms with van der Waals surface area (Å²) in [5.74, 6) is 3.03. The van der Waals surface area contributed by atoms with E-state index >= 15 is 0 Å². The van der Waals surface area contributed by atoms with Gasteiger partial charge in [-0.05, 0) is 6.92 Å². The van der Waals surface area contributed by atoms with Crippen molar-refractivity contribution in [3.05, 3.63) is 12.4 Å². The third kappa shape index (κ3) is 3.51. The number of nitrogens with one attached hydrogen (secondary N) is 1. The Morgan fingerprint density at radius 2 is 2.16 bits per heavy atom. The summed E-state index contributed by atoms with van der Waals surface area (Å²) in [5.41, 5.74) is 0. The fraction of sp³-hybridized carbons (Fsp3) is 0.500. The quantitative estimate of drug-likeness (QED) is 0.825. The van der Waals surface area contributed by atoms with Crippen LogP contribution in [0.3, 0.4) is 0 Å². The van der Waals surface area contributed by atoms with Gasteiger partial charge in [-0.1, -0.05) is 5.92 Å². The van der Waals surface area contributed by atoms with Crippen molar-refractivity contribution < 1.29 is 13.5 Å². The number of piperazine rings is 1. The number of terminal acetylenes is 1. The first-order valence-corrected chi connectivity index (χ1v) is 5.82. The zero-order chi connectivity index (χ0) is 13.8. The zero-order valence-corrected chi connectivity index (χ0v) is 10.4. The van der Waals surface area contributed by atoms with Crippen molar-refractivity contribution in [2.75, 3.05) is 18.0 Å². The number of alkyl halides is 2. The predicted molar refractivity (Wildman–Crippen MR) is 66.1 cm³/mol. The molecule has 0 spiro atoms. The molecule has 5 nitrogen and oxygen atoms in total. The molecule has 0 unspecified atom stereocenters. The summed E-state index contributed by atoms with van der Waals surface area (Å²) in [6.45, 7) is 0.410. The van der Waals surface area contributed by atoms with Crippen LogP contribution in [0.2, 0.25) is 0 Å². The molecular formula is C12H14F2N4O. The van der Waals surface area contributed by atoms with Crippen LogP contribution in [0, 0.1) is 12.3 Å². The summed E-state index contributed by atoms with van der Waals surface area (Å²) in [4.78, 5) is 9.95. The van der Waals surface area contributed by atoms with Gasteiger partial charge in [-0.3, -0.25) is 5.32 Å². The van der Waals surface area contributed by atoms with Crippen molar-refractivity contribution in [1.82, 2.24) is 15.3 Å². The van der Waals surface area contributed by atoms with Gasteiger partial charge in [0.2, 0.25) is 5.95 Å². The average molecular weight is 268 g/mol. The summed E-state index contributed by atoms with van der Waals surface area (Å²) >= 11 is 0. The summed E-state index contributed by atoms with van der Waals surface area (Å²) in [6, 6.07) is 0.125. The smallest absolute Gasteiger partial charge is 0.387 e. The van der Waals surface area contributed by atoms with Gasteiger partial charge in [0, 0.05) is 19.1 Å². The molecule has 2 heterocycles. The van der Waals surface area contributed by atoms with E-state index in [9.17, 15) is 8.78 Å². The number of hydrogen-bond donors (Lipinski definition) is 1. The lowest BCUT2D eigenvalue weighted by Crippen LogP contribution is -2.55. The Morgan fingerprint density at radius 3 is 2.74 bits per heavy atom. The van der Waals surface area contributed by atoms with Crippen LogP contribution in [0.1, 0.15) is 6.92 Å². The summed E-state index contributed by atoms with van der Waals surface area (Å²) in [7, 11) is 0. The molecule has 0 aliphatic carbocycles. The molecule has 102 valence electrons. The third-order valence-corrected chi connectivity index (χ3v) is 2.71. The molecule has 0 bridgehead atoms. The van der Waals surface area contributed by atoms with Crippen molar-refractivity contribution in [3.63, 3.8) is 0 Å². The van der Waals surface area contributed by atoms with E-state index in [4.69, 9.17) is 6.42 Å². The number of nitrogens with zero attached hydrogens (tertiary/aromatic N) is 3. The summed E-state index contributed by atoms with van der Waals surface area (Å²) in [6.07, 6.45) is 7.86. The predicted octanol–water partition coefficient (Wildman–Crippen LogP) is 0.878. The number of ether oxygens (including phenoxy) is 1. The fourth-order valence-electron chi connectivity index (χ4n) is 1.97. The van der Waals surface area contributed by atoms with E-state index in [2.05, 4.69) is 25.9 Å². The van der Waals surface area contributed by atoms with Crippen LogP contribution < -0.4 is 15.0 Å². The van der Waals surface area contributed by atoms with Crippen LogP contribution in [0.5, 0.6) is 5.75 Å². The molecule has 1 fully saturated rings. The van der Waals surface area contributed by atoms with Crippen LogP contribution >= 0.6 is 0 Å². The van der Waals surface area contributed by atoms with Gasteiger partial charge < -0.3 is 9.64 Å². The highest BCUT2D eigenvalue weighted by Crippen LogP contribution is 2.16. The Balaban J connectivity index is 2.07. The van der Waals surface area contributed by atoms with Gasteiger partial charge in [-0.2, -0.15) is 8.78 Å². The Bertz CT molecular complexity index is 460. The van der Waals surface area contributed by atoms with Gasteiger partial charge in [-0.15, -0.1) is 6.42 Å². The van der Waals surface area contributed by atoms with Crippen LogP contribution in [-0.2, 0) is 0 Å². The highest BCUT2D eigenvalue weighted by molar-refractivity contribution is 5.34. The van der Waals surface area contributed by atoms with Crippen LogP contribution in [0.4, 0.5) is 14.7 Å². The van der Waals surface area contributed by atoms with Gasteiger partial charge in [-0.25, -0.2) is 9.97 Å². The van der Waals surface area contributed by atoms with Crippen molar-refractivity contribution in [2.45, 2.75) is 25.6 Å². The number of aromatic nitrogens is 2. The molecular weight excluding hydrogens is 254 g/mol. The minimum absolute atomic E-state index is 0.0598. The van der Waals surface area contributed by atoms with Gasteiger partial charge in [0.25, 0.3) is 0 Å². The standard InChI is InChI=1S/C12H14F2N4O/c1-3-9-7-18(6-8(2)17-9)12-15-4-10(5-16-12)19-11(13)14/h1,4-5,8-9,11,17H,6-7H2,2H3/t8-,9-/m1/s1. The highest BCUT2D eigenvalue weighted by Gasteiger charge is 2.24. The zero-order valence-electron chi connectivity index (χ0n) is 10.4. The van der Waals surface area contributed by atoms with E-state index in [0.29, 0.717) is 19.0 Å². The molecule has 1 saturated heterocycles. The van der Waals surface area contributed by atoms with Gasteiger partial charge in [0.05, 0.1) is 18.4 Å². The normalized spacial score (nSPS) is 23.2. The van der Waals surface area contributed by atoms with E-state index in [0.717, 1.165) is 0 Å². The van der Waals surface area contributed by atoms with Crippen molar-refractivity contribution >= 4 is 5.95 Å². The second-order valence-corrected chi connectivity index (χ2v) is 4.29. The van der Waals surface area contributed by atoms with E-state index in [-0.39, 0.29) is 17.8 Å². The second-order valence-electron chi connectivity index (χ2n) is 4.29. The lowest BCUT2D eigenvalue weighted by molar-refractivity contribution is -0.0503. The monoisotopic (exact) mass is 268 g/mol. The van der Waals surface area contributed by atoms with E-state index in [1.54, 1.807) is 0 Å². The van der Waals surface area contributed by atoms with Crippen molar-refractivity contribution in [3.8, 4) is 18.1 Å².